The summed E-state index contributed by atoms with van der Waals surface area (Å²) in [6.45, 7) is 9.36. The molecule has 2 heterocycles. The lowest BCUT2D eigenvalue weighted by Crippen LogP contribution is -2.16. The first kappa shape index (κ1) is 62.8. The van der Waals surface area contributed by atoms with Gasteiger partial charge in [0.15, 0.2) is 0 Å². The third-order valence-electron chi connectivity index (χ3n) is 21.4. The van der Waals surface area contributed by atoms with Crippen LogP contribution in [0.1, 0.15) is 49.9 Å². The van der Waals surface area contributed by atoms with E-state index in [0.29, 0.717) is 0 Å². The molecule has 492 valence electrons. The summed E-state index contributed by atoms with van der Waals surface area (Å²) in [5, 5.41) is 14.1. The maximum atomic E-state index is 6.68. The molecule has 2 aliphatic carbocycles. The van der Waals surface area contributed by atoms with E-state index in [9.17, 15) is 0 Å². The first-order chi connectivity index (χ1) is 50.5. The summed E-state index contributed by atoms with van der Waals surface area (Å²) in [5.41, 5.74) is 28.3. The van der Waals surface area contributed by atoms with E-state index >= 15 is 0 Å². The molecule has 1 N–H and O–H groups in total. The Hall–Kier alpha value is -12.5. The summed E-state index contributed by atoms with van der Waals surface area (Å²) in [5.74, 6) is 0. The Morgan fingerprint density at radius 2 is 0.680 bits per heavy atom. The molecule has 0 aliphatic heterocycles. The van der Waals surface area contributed by atoms with Gasteiger partial charge in [-0.1, -0.05) is 306 Å². The number of aromatic nitrogens is 2. The van der Waals surface area contributed by atoms with Gasteiger partial charge in [0.25, 0.3) is 0 Å². The molecular weight excluding hydrogens is 1270 g/mol. The SMILES string of the molecule is CC1(C)c2ccccc2-c2ccc(N(c3ccc4ccccc4c3)c3ccc(-c4ccccc4)c4c3c3ccccc3n4-c3ccccc3)cc21.CC1(C)c2ccccc2-c2ccc(Nc3ccc4ccccc4c3)cc21.Clc1ccc(-c2ccccc2)c2c1c1ccccc1n2-c1ccccc1. The van der Waals surface area contributed by atoms with Crippen molar-refractivity contribution in [3.63, 3.8) is 0 Å². The van der Waals surface area contributed by atoms with E-state index in [2.05, 4.69) is 393 Å². The Bertz CT molecular complexity index is 6280. The van der Waals surface area contributed by atoms with Crippen LogP contribution in [0.3, 0.4) is 0 Å². The lowest BCUT2D eigenvalue weighted by molar-refractivity contribution is 0.660. The fraction of sp³-hybridized carbons (Fsp3) is 0.0612. The van der Waals surface area contributed by atoms with Crippen molar-refractivity contribution in [1.29, 1.82) is 0 Å². The number of anilines is 5. The van der Waals surface area contributed by atoms with Gasteiger partial charge in [-0.2, -0.15) is 0 Å². The van der Waals surface area contributed by atoms with E-state index in [1.807, 2.05) is 18.2 Å². The van der Waals surface area contributed by atoms with Crippen molar-refractivity contribution in [2.24, 2.45) is 0 Å². The van der Waals surface area contributed by atoms with Crippen LogP contribution < -0.4 is 10.2 Å². The second-order valence-corrected chi connectivity index (χ2v) is 28.6. The number of hydrogen-bond donors (Lipinski definition) is 1. The molecule has 0 bridgehead atoms. The number of fused-ring (bicyclic) bond motifs is 14. The van der Waals surface area contributed by atoms with E-state index < -0.39 is 0 Å². The Morgan fingerprint density at radius 1 is 0.291 bits per heavy atom. The molecule has 18 aromatic rings. The molecule has 0 saturated carbocycles. The van der Waals surface area contributed by atoms with Crippen LogP contribution in [0.5, 0.6) is 0 Å². The van der Waals surface area contributed by atoms with Gasteiger partial charge in [0.05, 0.1) is 32.8 Å². The summed E-state index contributed by atoms with van der Waals surface area (Å²) < 4.78 is 4.77. The highest BCUT2D eigenvalue weighted by atomic mass is 35.5. The fourth-order valence-electron chi connectivity index (χ4n) is 16.5. The van der Waals surface area contributed by atoms with Crippen LogP contribution in [0.2, 0.25) is 5.02 Å². The van der Waals surface area contributed by atoms with Crippen molar-refractivity contribution in [2.45, 2.75) is 38.5 Å². The van der Waals surface area contributed by atoms with E-state index in [1.165, 1.54) is 121 Å². The number of rotatable bonds is 9. The maximum Gasteiger partial charge on any atom is 0.0640 e. The second-order valence-electron chi connectivity index (χ2n) is 28.2. The minimum absolute atomic E-state index is 0.0347. The first-order valence-electron chi connectivity index (χ1n) is 35.6. The van der Waals surface area contributed by atoms with Gasteiger partial charge >= 0.3 is 0 Å². The molecule has 0 spiro atoms. The van der Waals surface area contributed by atoms with Crippen LogP contribution in [-0.4, -0.2) is 9.13 Å². The average molecular weight is 1340 g/mol. The van der Waals surface area contributed by atoms with Gasteiger partial charge in [-0.25, -0.2) is 0 Å². The summed E-state index contributed by atoms with van der Waals surface area (Å²) in [7, 11) is 0. The van der Waals surface area contributed by atoms with Gasteiger partial charge < -0.3 is 19.4 Å². The highest BCUT2D eigenvalue weighted by Crippen LogP contribution is 2.54. The standard InChI is InChI=1S/C49H36N2.C25H21N.C24H16ClN/c1-49(2)43-23-13-11-21-40(43)41-28-27-38(32-44(41)49)50(37-26-25-33-15-9-10-18-35(33)31-37)46-30-29-39(34-16-5-3-6-17-34)48-47(46)42-22-12-14-24-45(42)51(48)36-19-7-4-8-20-36;1-25(2)23-10-6-5-9-21(23)22-14-13-20(16-24(22)25)26-19-12-11-17-7-3-4-8-18(17)15-19;25-21-16-15-19(17-9-3-1-4-10-17)24-23(21)20-13-7-8-14-22(20)26(24)18-11-5-2-6-12-18/h3-32H,1-2H3;3-16,26H,1-2H3;1-16H. The number of nitrogens with one attached hydrogen (secondary N) is 1. The molecular formula is C98H73ClN4. The van der Waals surface area contributed by atoms with Gasteiger partial charge in [0.2, 0.25) is 0 Å². The normalized spacial score (nSPS) is 12.9. The average Bonchev–Trinajstić information content (AvgIpc) is 1.57. The molecule has 0 amide bonds. The molecule has 0 saturated heterocycles. The number of nitrogens with zero attached hydrogens (tertiary/aromatic N) is 3. The zero-order valence-electron chi connectivity index (χ0n) is 57.9. The zero-order valence-corrected chi connectivity index (χ0v) is 58.6. The molecule has 4 nitrogen and oxygen atoms in total. The predicted molar refractivity (Wildman–Crippen MR) is 438 cm³/mol. The minimum Gasteiger partial charge on any atom is -0.355 e. The molecule has 2 aliphatic rings. The maximum absolute atomic E-state index is 6.68. The highest BCUT2D eigenvalue weighted by molar-refractivity contribution is 6.39. The second kappa shape index (κ2) is 25.6. The third-order valence-corrected chi connectivity index (χ3v) is 21.8. The van der Waals surface area contributed by atoms with Crippen molar-refractivity contribution < 1.29 is 0 Å². The van der Waals surface area contributed by atoms with Crippen molar-refractivity contribution in [3.05, 3.63) is 391 Å². The Kier molecular flexibility index (Phi) is 15.6. The van der Waals surface area contributed by atoms with E-state index in [-0.39, 0.29) is 10.8 Å². The minimum atomic E-state index is -0.118. The fourth-order valence-corrected chi connectivity index (χ4v) is 16.8. The van der Waals surface area contributed by atoms with Gasteiger partial charge in [-0.15, -0.1) is 0 Å². The van der Waals surface area contributed by atoms with Crippen molar-refractivity contribution in [3.8, 4) is 55.9 Å². The molecule has 0 unspecified atom stereocenters. The summed E-state index contributed by atoms with van der Waals surface area (Å²) in [6, 6.07) is 131. The molecule has 103 heavy (non-hydrogen) atoms. The van der Waals surface area contributed by atoms with Crippen LogP contribution in [0.15, 0.2) is 364 Å². The predicted octanol–water partition coefficient (Wildman–Crippen LogP) is 27.4. The highest BCUT2D eigenvalue weighted by Gasteiger charge is 2.37. The molecule has 0 radical (unpaired) electrons. The molecule has 16 aromatic carbocycles. The Balaban J connectivity index is 0.000000122. The lowest BCUT2D eigenvalue weighted by Gasteiger charge is -2.29. The van der Waals surface area contributed by atoms with Crippen LogP contribution in [0.4, 0.5) is 28.4 Å². The topological polar surface area (TPSA) is 25.1 Å². The number of benzene rings is 16. The van der Waals surface area contributed by atoms with Gasteiger partial charge in [0, 0.05) is 77.6 Å². The van der Waals surface area contributed by atoms with E-state index in [1.54, 1.807) is 0 Å². The number of para-hydroxylation sites is 4. The van der Waals surface area contributed by atoms with Gasteiger partial charge in [-0.3, -0.25) is 0 Å². The number of halogens is 1. The lowest BCUT2D eigenvalue weighted by atomic mass is 9.82. The van der Waals surface area contributed by atoms with E-state index in [0.717, 1.165) is 55.7 Å². The van der Waals surface area contributed by atoms with Crippen LogP contribution >= 0.6 is 11.6 Å². The summed E-state index contributed by atoms with van der Waals surface area (Å²) >= 11 is 6.68. The zero-order chi connectivity index (χ0) is 69.3. The first-order valence-corrected chi connectivity index (χ1v) is 36.0. The Morgan fingerprint density at radius 3 is 1.26 bits per heavy atom. The Labute approximate surface area is 606 Å². The molecule has 0 atom stereocenters. The quantitative estimate of drug-likeness (QED) is 0.156. The molecule has 20 rings (SSSR count). The molecule has 0 fully saturated rings. The summed E-state index contributed by atoms with van der Waals surface area (Å²) in [4.78, 5) is 2.49. The van der Waals surface area contributed by atoms with Crippen molar-refractivity contribution >= 4 is 105 Å². The van der Waals surface area contributed by atoms with Crippen LogP contribution in [-0.2, 0) is 10.8 Å². The summed E-state index contributed by atoms with van der Waals surface area (Å²) in [6.07, 6.45) is 0. The van der Waals surface area contributed by atoms with Crippen molar-refractivity contribution in [1.82, 2.24) is 9.13 Å². The van der Waals surface area contributed by atoms with Gasteiger partial charge in [0.1, 0.15) is 0 Å². The molecule has 5 heteroatoms. The van der Waals surface area contributed by atoms with Crippen LogP contribution in [0, 0.1) is 0 Å². The van der Waals surface area contributed by atoms with E-state index in [4.69, 9.17) is 11.6 Å². The molecule has 2 aromatic heterocycles. The third kappa shape index (κ3) is 10.8. The van der Waals surface area contributed by atoms with Crippen LogP contribution in [0.25, 0.3) is 121 Å². The van der Waals surface area contributed by atoms with Crippen molar-refractivity contribution in [2.75, 3.05) is 10.2 Å². The largest absolute Gasteiger partial charge is 0.355 e. The smallest absolute Gasteiger partial charge is 0.0640 e. The monoisotopic (exact) mass is 1340 g/mol. The van der Waals surface area contributed by atoms with Gasteiger partial charge in [-0.05, 0) is 174 Å². The number of hydrogen-bond acceptors (Lipinski definition) is 2.